The van der Waals surface area contributed by atoms with Crippen LogP contribution in [0.2, 0.25) is 0 Å². The van der Waals surface area contributed by atoms with Gasteiger partial charge in [-0.2, -0.15) is 0 Å². The predicted molar refractivity (Wildman–Crippen MR) is 103 cm³/mol. The summed E-state index contributed by atoms with van der Waals surface area (Å²) < 4.78 is 17.8. The van der Waals surface area contributed by atoms with E-state index in [1.54, 1.807) is 24.3 Å². The number of hydrogen-bond acceptors (Lipinski definition) is 3. The summed E-state index contributed by atoms with van der Waals surface area (Å²) in [5.41, 5.74) is 3.21. The summed E-state index contributed by atoms with van der Waals surface area (Å²) in [5, 5.41) is 0. The number of Topliss-reactive ketones (excluding diaryl/α,β-unsaturated/α-hetero) is 1. The predicted octanol–water partition coefficient (Wildman–Crippen LogP) is 4.93. The molecule has 0 saturated carbocycles. The fourth-order valence-electron chi connectivity index (χ4n) is 2.49. The molecule has 134 valence electrons. The summed E-state index contributed by atoms with van der Waals surface area (Å²) in [5.74, 6) is -1.26. The smallest absolute Gasteiger partial charge is 0.331 e. The first kappa shape index (κ1) is 18.3. The number of carbonyl (C=O) groups is 2. The first-order valence-corrected chi connectivity index (χ1v) is 8.41. The van der Waals surface area contributed by atoms with Crippen LogP contribution in [0.15, 0.2) is 84.9 Å². The standard InChI is InChI=1S/C23H17FO3/c24-21-13-6-17(7-14-21)8-15-23(26)27-16-22(25)20-11-9-19(10-12-20)18-4-2-1-3-5-18/h1-15H,16H2/b15-8+. The number of halogens is 1. The molecule has 27 heavy (non-hydrogen) atoms. The zero-order chi connectivity index (χ0) is 19.1. The van der Waals surface area contributed by atoms with Crippen molar-refractivity contribution in [3.8, 4) is 11.1 Å². The quantitative estimate of drug-likeness (QED) is 0.356. The molecule has 0 amide bonds. The molecular formula is C23H17FO3. The summed E-state index contributed by atoms with van der Waals surface area (Å²) in [6.45, 7) is -0.336. The molecule has 0 aromatic heterocycles. The molecule has 3 nitrogen and oxygen atoms in total. The number of hydrogen-bond donors (Lipinski definition) is 0. The number of rotatable bonds is 6. The van der Waals surface area contributed by atoms with Crippen LogP contribution in [0.1, 0.15) is 15.9 Å². The van der Waals surface area contributed by atoms with Gasteiger partial charge in [-0.1, -0.05) is 66.7 Å². The minimum Gasteiger partial charge on any atom is -0.454 e. The molecule has 0 aliphatic rings. The molecule has 3 aromatic rings. The third-order valence-electron chi connectivity index (χ3n) is 3.94. The van der Waals surface area contributed by atoms with Crippen molar-refractivity contribution in [3.05, 3.63) is 102 Å². The van der Waals surface area contributed by atoms with E-state index in [1.807, 2.05) is 42.5 Å². The van der Waals surface area contributed by atoms with Crippen LogP contribution < -0.4 is 0 Å². The van der Waals surface area contributed by atoms with Gasteiger partial charge in [0, 0.05) is 11.6 Å². The lowest BCUT2D eigenvalue weighted by Gasteiger charge is -2.04. The third kappa shape index (κ3) is 5.22. The Bertz CT molecular complexity index is 943. The molecule has 3 rings (SSSR count). The number of ketones is 1. The maximum atomic E-state index is 12.8. The van der Waals surface area contributed by atoms with Gasteiger partial charge < -0.3 is 4.74 Å². The average molecular weight is 360 g/mol. The zero-order valence-corrected chi connectivity index (χ0v) is 14.5. The van der Waals surface area contributed by atoms with Crippen LogP contribution in [-0.2, 0) is 9.53 Å². The highest BCUT2D eigenvalue weighted by Crippen LogP contribution is 2.19. The van der Waals surface area contributed by atoms with Gasteiger partial charge in [-0.25, -0.2) is 9.18 Å². The van der Waals surface area contributed by atoms with Crippen molar-refractivity contribution < 1.29 is 18.7 Å². The monoisotopic (exact) mass is 360 g/mol. The van der Waals surface area contributed by atoms with E-state index in [2.05, 4.69) is 0 Å². The van der Waals surface area contributed by atoms with Crippen LogP contribution in [0.5, 0.6) is 0 Å². The van der Waals surface area contributed by atoms with Crippen LogP contribution in [-0.4, -0.2) is 18.4 Å². The van der Waals surface area contributed by atoms with Crippen molar-refractivity contribution in [3.63, 3.8) is 0 Å². The summed E-state index contributed by atoms with van der Waals surface area (Å²) in [4.78, 5) is 23.9. The Hall–Kier alpha value is -3.53. The maximum Gasteiger partial charge on any atom is 0.331 e. The largest absolute Gasteiger partial charge is 0.454 e. The summed E-state index contributed by atoms with van der Waals surface area (Å²) in [6, 6.07) is 22.7. The Labute approximate surface area is 156 Å². The topological polar surface area (TPSA) is 43.4 Å². The highest BCUT2D eigenvalue weighted by atomic mass is 19.1. The Morgan fingerprint density at radius 3 is 2.11 bits per heavy atom. The lowest BCUT2D eigenvalue weighted by molar-refractivity contribution is -0.136. The first-order valence-electron chi connectivity index (χ1n) is 8.41. The maximum absolute atomic E-state index is 12.8. The second-order valence-corrected chi connectivity index (χ2v) is 5.86. The highest BCUT2D eigenvalue weighted by Gasteiger charge is 2.09. The van der Waals surface area contributed by atoms with Gasteiger partial charge in [-0.3, -0.25) is 4.79 Å². The van der Waals surface area contributed by atoms with Crippen LogP contribution in [0.25, 0.3) is 17.2 Å². The minimum absolute atomic E-state index is 0.279. The summed E-state index contributed by atoms with van der Waals surface area (Å²) in [6.07, 6.45) is 2.71. The van der Waals surface area contributed by atoms with E-state index in [9.17, 15) is 14.0 Å². The van der Waals surface area contributed by atoms with Crippen molar-refractivity contribution in [2.24, 2.45) is 0 Å². The van der Waals surface area contributed by atoms with Gasteiger partial charge in [-0.05, 0) is 34.9 Å². The number of carbonyl (C=O) groups excluding carboxylic acids is 2. The number of benzene rings is 3. The van der Waals surface area contributed by atoms with Crippen LogP contribution in [0.3, 0.4) is 0 Å². The van der Waals surface area contributed by atoms with E-state index in [4.69, 9.17) is 4.74 Å². The summed E-state index contributed by atoms with van der Waals surface area (Å²) >= 11 is 0. The molecule has 0 heterocycles. The van der Waals surface area contributed by atoms with E-state index in [1.165, 1.54) is 24.3 Å². The molecule has 0 aliphatic carbocycles. The Morgan fingerprint density at radius 2 is 1.44 bits per heavy atom. The van der Waals surface area contributed by atoms with Crippen molar-refractivity contribution >= 4 is 17.8 Å². The second-order valence-electron chi connectivity index (χ2n) is 5.86. The van der Waals surface area contributed by atoms with Crippen molar-refractivity contribution in [2.45, 2.75) is 0 Å². The van der Waals surface area contributed by atoms with Crippen LogP contribution in [0.4, 0.5) is 4.39 Å². The number of ether oxygens (including phenoxy) is 1. The van der Waals surface area contributed by atoms with Gasteiger partial charge in [0.05, 0.1) is 0 Å². The second kappa shape index (κ2) is 8.72. The number of esters is 1. The van der Waals surface area contributed by atoms with Crippen LogP contribution in [0, 0.1) is 5.82 Å². The fourth-order valence-corrected chi connectivity index (χ4v) is 2.49. The van der Waals surface area contributed by atoms with Crippen molar-refractivity contribution in [1.29, 1.82) is 0 Å². The molecule has 3 aromatic carbocycles. The zero-order valence-electron chi connectivity index (χ0n) is 14.5. The minimum atomic E-state index is -0.631. The van der Waals surface area contributed by atoms with Crippen LogP contribution >= 0.6 is 0 Å². The van der Waals surface area contributed by atoms with Gasteiger partial charge in [-0.15, -0.1) is 0 Å². The first-order chi connectivity index (χ1) is 13.1. The molecular weight excluding hydrogens is 343 g/mol. The lowest BCUT2D eigenvalue weighted by Crippen LogP contribution is -2.12. The molecule has 0 unspecified atom stereocenters. The molecule has 4 heteroatoms. The van der Waals surface area contributed by atoms with E-state index in [0.717, 1.165) is 11.1 Å². The molecule has 0 saturated heterocycles. The Morgan fingerprint density at radius 1 is 0.815 bits per heavy atom. The third-order valence-corrected chi connectivity index (χ3v) is 3.94. The molecule has 0 N–H and O–H groups in total. The highest BCUT2D eigenvalue weighted by molar-refractivity contribution is 5.99. The normalized spacial score (nSPS) is 10.7. The Kier molecular flexibility index (Phi) is 5.90. The SMILES string of the molecule is O=C(/C=C/c1ccc(F)cc1)OCC(=O)c1ccc(-c2ccccc2)cc1. The lowest BCUT2D eigenvalue weighted by atomic mass is 10.0. The molecule has 0 radical (unpaired) electrons. The molecule has 0 atom stereocenters. The van der Waals surface area contributed by atoms with E-state index < -0.39 is 5.97 Å². The fraction of sp³-hybridized carbons (Fsp3) is 0.0435. The van der Waals surface area contributed by atoms with Gasteiger partial charge >= 0.3 is 5.97 Å². The molecule has 0 bridgehead atoms. The Balaban J connectivity index is 1.54. The van der Waals surface area contributed by atoms with E-state index >= 15 is 0 Å². The van der Waals surface area contributed by atoms with Gasteiger partial charge in [0.1, 0.15) is 5.82 Å². The molecule has 0 aliphatic heterocycles. The molecule has 0 fully saturated rings. The van der Waals surface area contributed by atoms with Gasteiger partial charge in [0.25, 0.3) is 0 Å². The average Bonchev–Trinajstić information content (AvgIpc) is 2.72. The van der Waals surface area contributed by atoms with Gasteiger partial charge in [0.15, 0.2) is 12.4 Å². The van der Waals surface area contributed by atoms with Crippen molar-refractivity contribution in [2.75, 3.05) is 6.61 Å². The summed E-state index contributed by atoms with van der Waals surface area (Å²) in [7, 11) is 0. The van der Waals surface area contributed by atoms with Crippen molar-refractivity contribution in [1.82, 2.24) is 0 Å². The van der Waals surface area contributed by atoms with E-state index in [-0.39, 0.29) is 18.2 Å². The molecule has 0 spiro atoms. The van der Waals surface area contributed by atoms with E-state index in [0.29, 0.717) is 11.1 Å². The van der Waals surface area contributed by atoms with Gasteiger partial charge in [0.2, 0.25) is 0 Å².